The standard InChI is InChI=1S/C13H18N2O.ClHO4/c1-14(2)9-12(10-15(3)4)11-5-7-13(16)8-6-11;2-1(3,4)5/h5-10H,1-4H3;(H,2,3,4,5). The molecule has 1 N–H and O–H groups in total. The van der Waals surface area contributed by atoms with Gasteiger partial charge in [0.05, 0.1) is 5.57 Å². The zero-order valence-corrected chi connectivity index (χ0v) is 13.1. The summed E-state index contributed by atoms with van der Waals surface area (Å²) in [5.41, 5.74) is 2.19. The van der Waals surface area contributed by atoms with E-state index in [9.17, 15) is 5.11 Å². The molecule has 0 bridgehead atoms. The van der Waals surface area contributed by atoms with Crippen molar-refractivity contribution in [2.75, 3.05) is 28.2 Å². The van der Waals surface area contributed by atoms with Crippen LogP contribution < -0.4 is 18.6 Å². The lowest BCUT2D eigenvalue weighted by molar-refractivity contribution is -2.00. The molecule has 0 unspecified atom stereocenters. The Balaban J connectivity index is 0.000000690. The number of allylic oxidation sites excluding steroid dienone is 1. The number of hydrogen-bond donors (Lipinski definition) is 1. The molecule has 1 aromatic carbocycles. The highest BCUT2D eigenvalue weighted by molar-refractivity contribution is 6.07. The van der Waals surface area contributed by atoms with Gasteiger partial charge in [-0.05, 0) is 17.7 Å². The normalized spacial score (nSPS) is 11.3. The topological polar surface area (TPSA) is 119 Å². The minimum atomic E-state index is -4.94. The van der Waals surface area contributed by atoms with Gasteiger partial charge >= 0.3 is 0 Å². The molecule has 0 aromatic heterocycles. The van der Waals surface area contributed by atoms with Crippen molar-refractivity contribution in [1.29, 1.82) is 0 Å². The van der Waals surface area contributed by atoms with E-state index in [1.807, 2.05) is 62.2 Å². The van der Waals surface area contributed by atoms with E-state index in [4.69, 9.17) is 18.6 Å². The van der Waals surface area contributed by atoms with Gasteiger partial charge in [0.25, 0.3) is 0 Å². The molecule has 0 aliphatic rings. The van der Waals surface area contributed by atoms with E-state index >= 15 is 0 Å². The molecule has 0 fully saturated rings. The Kier molecular flexibility index (Phi) is 7.93. The van der Waals surface area contributed by atoms with Crippen molar-refractivity contribution in [2.45, 2.75) is 0 Å². The quantitative estimate of drug-likeness (QED) is 0.465. The van der Waals surface area contributed by atoms with Crippen LogP contribution in [0.15, 0.2) is 30.5 Å². The fourth-order valence-electron chi connectivity index (χ4n) is 1.39. The van der Waals surface area contributed by atoms with E-state index in [1.165, 1.54) is 0 Å². The van der Waals surface area contributed by atoms with Crippen LogP contribution in [0.2, 0.25) is 0 Å². The zero-order chi connectivity index (χ0) is 16.6. The van der Waals surface area contributed by atoms with Crippen molar-refractivity contribution in [3.8, 4) is 5.75 Å². The Hall–Kier alpha value is -1.64. The highest BCUT2D eigenvalue weighted by atomic mass is 35.7. The summed E-state index contributed by atoms with van der Waals surface area (Å²) in [5, 5.41) is 9.25. The monoisotopic (exact) mass is 318 g/mol. The molecular formula is C13H19ClN2O5. The molecule has 7 nitrogen and oxygen atoms in total. The van der Waals surface area contributed by atoms with E-state index in [0.717, 1.165) is 11.1 Å². The molecule has 0 spiro atoms. The number of rotatable bonds is 3. The predicted molar refractivity (Wildman–Crippen MR) is 67.9 cm³/mol. The lowest BCUT2D eigenvalue weighted by Gasteiger charge is -2.17. The molecule has 0 aliphatic carbocycles. The van der Waals surface area contributed by atoms with E-state index in [2.05, 4.69) is 0 Å². The maximum Gasteiger partial charge on any atom is 0.172 e. The smallest absolute Gasteiger partial charge is 0.172 e. The molecular weight excluding hydrogens is 300 g/mol. The van der Waals surface area contributed by atoms with Crippen LogP contribution in [0.25, 0.3) is 5.57 Å². The number of hydrogen-bond acceptors (Lipinski definition) is 6. The number of phenolic OH excluding ortho intramolecular Hbond substituents is 1. The first-order chi connectivity index (χ1) is 9.49. The Morgan fingerprint density at radius 2 is 1.52 bits per heavy atom. The van der Waals surface area contributed by atoms with Gasteiger partial charge in [-0.15, -0.1) is 10.2 Å². The summed E-state index contributed by atoms with van der Waals surface area (Å²) < 4.78 is 36.0. The molecule has 0 aliphatic heterocycles. The summed E-state index contributed by atoms with van der Waals surface area (Å²) in [6.45, 7) is 0. The summed E-state index contributed by atoms with van der Waals surface area (Å²) in [6.07, 6.45) is 4.10. The number of benzene rings is 1. The maximum atomic E-state index is 9.25. The average molecular weight is 319 g/mol. The van der Waals surface area contributed by atoms with Crippen LogP contribution >= 0.6 is 0 Å². The second-order valence-electron chi connectivity index (χ2n) is 4.57. The molecule has 0 radical (unpaired) electrons. The van der Waals surface area contributed by atoms with Gasteiger partial charge in [0, 0.05) is 20.3 Å². The minimum Gasteiger partial charge on any atom is -0.508 e. The lowest BCUT2D eigenvalue weighted by Crippen LogP contribution is -2.68. The van der Waals surface area contributed by atoms with Crippen LogP contribution in [-0.4, -0.2) is 49.0 Å². The summed E-state index contributed by atoms with van der Waals surface area (Å²) in [6, 6.07) is 7.21. The molecule has 0 amide bonds. The number of halogens is 1. The third kappa shape index (κ3) is 11.9. The molecule has 1 rings (SSSR count). The molecule has 0 heterocycles. The van der Waals surface area contributed by atoms with Crippen LogP contribution in [0.1, 0.15) is 5.56 Å². The van der Waals surface area contributed by atoms with Crippen LogP contribution in [0, 0.1) is 10.2 Å². The first-order valence-corrected chi connectivity index (χ1v) is 7.03. The van der Waals surface area contributed by atoms with Gasteiger partial charge in [-0.25, -0.2) is 23.2 Å². The van der Waals surface area contributed by atoms with Crippen LogP contribution in [0.5, 0.6) is 5.75 Å². The Labute approximate surface area is 126 Å². The molecule has 118 valence electrons. The van der Waals surface area contributed by atoms with E-state index < -0.39 is 10.2 Å². The summed E-state index contributed by atoms with van der Waals surface area (Å²) in [7, 11) is 3.02. The molecule has 0 saturated heterocycles. The second kappa shape index (κ2) is 8.60. The van der Waals surface area contributed by atoms with Crippen LogP contribution in [-0.2, 0) is 0 Å². The van der Waals surface area contributed by atoms with Gasteiger partial charge in [0.15, 0.2) is 6.21 Å². The van der Waals surface area contributed by atoms with Crippen molar-refractivity contribution in [1.82, 2.24) is 4.90 Å². The first-order valence-electron chi connectivity index (χ1n) is 5.79. The van der Waals surface area contributed by atoms with Crippen molar-refractivity contribution in [3.05, 3.63) is 36.0 Å². The highest BCUT2D eigenvalue weighted by Gasteiger charge is 2.03. The largest absolute Gasteiger partial charge is 0.508 e. The average Bonchev–Trinajstić information content (AvgIpc) is 2.25. The summed E-state index contributed by atoms with van der Waals surface area (Å²) in [5.74, 6) is 0.290. The van der Waals surface area contributed by atoms with Gasteiger partial charge in [0.2, 0.25) is 0 Å². The van der Waals surface area contributed by atoms with Crippen LogP contribution in [0.4, 0.5) is 0 Å². The Morgan fingerprint density at radius 3 is 1.86 bits per heavy atom. The molecule has 8 heteroatoms. The SMILES string of the molecule is CN(C)/C=C(\C=[N+](C)C)c1ccc(O)cc1.[O-][Cl+3]([O-])([O-])[O-]. The molecule has 1 aromatic rings. The third-order valence-electron chi connectivity index (χ3n) is 2.00. The molecule has 21 heavy (non-hydrogen) atoms. The summed E-state index contributed by atoms with van der Waals surface area (Å²) >= 11 is 0. The number of aromatic hydroxyl groups is 1. The Morgan fingerprint density at radius 1 is 1.10 bits per heavy atom. The number of nitrogens with zero attached hydrogens (tertiary/aromatic N) is 2. The number of phenols is 1. The van der Waals surface area contributed by atoms with E-state index in [0.29, 0.717) is 0 Å². The van der Waals surface area contributed by atoms with Crippen molar-refractivity contribution in [2.24, 2.45) is 0 Å². The first kappa shape index (κ1) is 19.4. The summed E-state index contributed by atoms with van der Waals surface area (Å²) in [4.78, 5) is 2.00. The van der Waals surface area contributed by atoms with Gasteiger partial charge in [-0.2, -0.15) is 0 Å². The van der Waals surface area contributed by atoms with E-state index in [1.54, 1.807) is 12.1 Å². The lowest BCUT2D eigenvalue weighted by atomic mass is 10.1. The minimum absolute atomic E-state index is 0.290. The fourth-order valence-corrected chi connectivity index (χ4v) is 1.39. The highest BCUT2D eigenvalue weighted by Crippen LogP contribution is 2.16. The van der Waals surface area contributed by atoms with Crippen molar-refractivity contribution in [3.63, 3.8) is 0 Å². The van der Waals surface area contributed by atoms with E-state index in [-0.39, 0.29) is 5.75 Å². The van der Waals surface area contributed by atoms with Gasteiger partial charge in [-0.3, -0.25) is 0 Å². The van der Waals surface area contributed by atoms with Gasteiger partial charge in [-0.1, -0.05) is 12.1 Å². The predicted octanol–water partition coefficient (Wildman–Crippen LogP) is -3.12. The van der Waals surface area contributed by atoms with Gasteiger partial charge < -0.3 is 10.0 Å². The third-order valence-corrected chi connectivity index (χ3v) is 2.00. The van der Waals surface area contributed by atoms with Crippen LogP contribution in [0.3, 0.4) is 0 Å². The maximum absolute atomic E-state index is 9.25. The van der Waals surface area contributed by atoms with Gasteiger partial charge in [0.1, 0.15) is 19.8 Å². The molecule has 0 saturated carbocycles. The zero-order valence-electron chi connectivity index (χ0n) is 12.3. The van der Waals surface area contributed by atoms with Crippen molar-refractivity contribution < 1.29 is 38.6 Å². The van der Waals surface area contributed by atoms with Crippen molar-refractivity contribution >= 4 is 11.8 Å². The second-order valence-corrected chi connectivity index (χ2v) is 5.32. The fraction of sp³-hybridized carbons (Fsp3) is 0.308. The Bertz CT molecular complexity index is 482. The molecule has 0 atom stereocenters.